The molecule has 1 aromatic rings. The zero-order valence-electron chi connectivity index (χ0n) is 10.6. The van der Waals surface area contributed by atoms with Crippen molar-refractivity contribution in [3.8, 4) is 0 Å². The summed E-state index contributed by atoms with van der Waals surface area (Å²) in [5, 5.41) is 12.0. The Labute approximate surface area is 102 Å². The van der Waals surface area contributed by atoms with Crippen LogP contribution in [0.5, 0.6) is 0 Å². The van der Waals surface area contributed by atoms with Crippen molar-refractivity contribution < 1.29 is 0 Å². The van der Waals surface area contributed by atoms with Crippen molar-refractivity contribution in [3.63, 3.8) is 0 Å². The largest absolute Gasteiger partial charge is 0.355 e. The first-order valence-electron chi connectivity index (χ1n) is 6.50. The van der Waals surface area contributed by atoms with Gasteiger partial charge in [-0.3, -0.25) is 0 Å². The minimum Gasteiger partial charge on any atom is -0.355 e. The number of piperidine rings is 1. The molecular formula is C13H20N4. The average Bonchev–Trinajstić information content (AvgIpc) is 2.67. The molecule has 0 saturated carbocycles. The topological polar surface area (TPSA) is 41.1 Å². The fraction of sp³-hybridized carbons (Fsp3) is 0.692. The van der Waals surface area contributed by atoms with Gasteiger partial charge in [0.05, 0.1) is 6.20 Å². The molecule has 2 saturated heterocycles. The molecule has 2 unspecified atom stereocenters. The van der Waals surface area contributed by atoms with E-state index >= 15 is 0 Å². The van der Waals surface area contributed by atoms with Crippen LogP contribution in [0.4, 0.5) is 5.82 Å². The molecule has 1 aromatic heterocycles. The van der Waals surface area contributed by atoms with Crippen LogP contribution >= 0.6 is 0 Å². The maximum Gasteiger partial charge on any atom is 0.151 e. The third-order valence-electron chi connectivity index (χ3n) is 4.14. The van der Waals surface area contributed by atoms with Crippen molar-refractivity contribution in [2.45, 2.75) is 50.7 Å². The second-order valence-corrected chi connectivity index (χ2v) is 5.47. The van der Waals surface area contributed by atoms with E-state index in [1.807, 2.05) is 6.20 Å². The highest BCUT2D eigenvalue weighted by atomic mass is 15.3. The minimum absolute atomic E-state index is 0.616. The van der Waals surface area contributed by atoms with E-state index in [-0.39, 0.29) is 0 Å². The molecule has 0 spiro atoms. The van der Waals surface area contributed by atoms with Gasteiger partial charge in [0.2, 0.25) is 0 Å². The summed E-state index contributed by atoms with van der Waals surface area (Å²) in [5.41, 5.74) is 1.18. The highest BCUT2D eigenvalue weighted by Crippen LogP contribution is 2.30. The molecule has 92 valence electrons. The summed E-state index contributed by atoms with van der Waals surface area (Å²) in [6.45, 7) is 2.07. The Morgan fingerprint density at radius 3 is 2.65 bits per heavy atom. The molecule has 2 fully saturated rings. The molecule has 3 heterocycles. The van der Waals surface area contributed by atoms with Crippen LogP contribution in [0.15, 0.2) is 12.3 Å². The normalized spacial score (nSPS) is 31.5. The van der Waals surface area contributed by atoms with E-state index in [1.54, 1.807) is 0 Å². The van der Waals surface area contributed by atoms with Crippen molar-refractivity contribution >= 4 is 5.82 Å². The fourth-order valence-corrected chi connectivity index (χ4v) is 3.15. The van der Waals surface area contributed by atoms with Crippen molar-refractivity contribution in [3.05, 3.63) is 17.8 Å². The summed E-state index contributed by atoms with van der Waals surface area (Å²) in [4.78, 5) is 2.31. The van der Waals surface area contributed by atoms with Crippen LogP contribution in [-0.4, -0.2) is 35.4 Å². The maximum absolute atomic E-state index is 4.24. The molecule has 2 bridgehead atoms. The van der Waals surface area contributed by atoms with E-state index in [2.05, 4.69) is 40.5 Å². The van der Waals surface area contributed by atoms with Gasteiger partial charge in [-0.05, 0) is 44.2 Å². The zero-order valence-corrected chi connectivity index (χ0v) is 10.6. The van der Waals surface area contributed by atoms with Gasteiger partial charge in [-0.1, -0.05) is 0 Å². The van der Waals surface area contributed by atoms with E-state index in [9.17, 15) is 0 Å². The summed E-state index contributed by atoms with van der Waals surface area (Å²) in [6.07, 6.45) is 6.97. The number of hydrogen-bond donors (Lipinski definition) is 1. The third-order valence-corrected chi connectivity index (χ3v) is 4.14. The van der Waals surface area contributed by atoms with Gasteiger partial charge in [0.25, 0.3) is 0 Å². The van der Waals surface area contributed by atoms with E-state index in [4.69, 9.17) is 0 Å². The van der Waals surface area contributed by atoms with Crippen molar-refractivity contribution in [2.75, 3.05) is 11.9 Å². The third kappa shape index (κ3) is 2.14. The van der Waals surface area contributed by atoms with Crippen molar-refractivity contribution in [2.24, 2.45) is 0 Å². The Morgan fingerprint density at radius 1 is 1.29 bits per heavy atom. The number of nitrogens with one attached hydrogen (secondary N) is 1. The number of hydrogen-bond acceptors (Lipinski definition) is 4. The summed E-state index contributed by atoms with van der Waals surface area (Å²) < 4.78 is 0. The molecule has 3 rings (SSSR count). The van der Waals surface area contributed by atoms with Crippen LogP contribution < -0.4 is 10.2 Å². The first-order valence-corrected chi connectivity index (χ1v) is 6.50. The number of aryl methyl sites for hydroxylation is 1. The molecule has 4 heteroatoms. The van der Waals surface area contributed by atoms with E-state index < -0.39 is 0 Å². The van der Waals surface area contributed by atoms with Crippen LogP contribution in [0.25, 0.3) is 0 Å². The molecule has 4 nitrogen and oxygen atoms in total. The summed E-state index contributed by atoms with van der Waals surface area (Å²) >= 11 is 0. The van der Waals surface area contributed by atoms with Crippen LogP contribution in [0, 0.1) is 6.92 Å². The Kier molecular flexibility index (Phi) is 2.74. The summed E-state index contributed by atoms with van der Waals surface area (Å²) in [7, 11) is 2.15. The number of anilines is 1. The van der Waals surface area contributed by atoms with Crippen LogP contribution in [0.2, 0.25) is 0 Å². The lowest BCUT2D eigenvalue weighted by molar-refractivity contribution is 0.353. The Hall–Kier alpha value is -1.16. The number of aromatic nitrogens is 2. The molecule has 0 aliphatic carbocycles. The molecule has 2 atom stereocenters. The van der Waals surface area contributed by atoms with Gasteiger partial charge < -0.3 is 10.2 Å². The highest BCUT2D eigenvalue weighted by Gasteiger charge is 2.35. The molecule has 2 aliphatic heterocycles. The lowest BCUT2D eigenvalue weighted by Crippen LogP contribution is -2.47. The van der Waals surface area contributed by atoms with Gasteiger partial charge in [-0.2, -0.15) is 5.10 Å². The Bertz CT molecular complexity index is 394. The number of rotatable bonds is 2. The fourth-order valence-electron chi connectivity index (χ4n) is 3.15. The average molecular weight is 232 g/mol. The van der Waals surface area contributed by atoms with E-state index in [1.165, 1.54) is 31.2 Å². The monoisotopic (exact) mass is 232 g/mol. The van der Waals surface area contributed by atoms with Crippen molar-refractivity contribution in [1.82, 2.24) is 15.5 Å². The lowest BCUT2D eigenvalue weighted by atomic mass is 9.98. The Morgan fingerprint density at radius 2 is 2.00 bits per heavy atom. The summed E-state index contributed by atoms with van der Waals surface area (Å²) in [5.74, 6) is 1.01. The quantitative estimate of drug-likeness (QED) is 0.839. The zero-order chi connectivity index (χ0) is 11.8. The van der Waals surface area contributed by atoms with Crippen LogP contribution in [-0.2, 0) is 0 Å². The predicted molar refractivity (Wildman–Crippen MR) is 68.1 cm³/mol. The van der Waals surface area contributed by atoms with E-state index in [0.717, 1.165) is 17.9 Å². The van der Waals surface area contributed by atoms with Crippen LogP contribution in [0.3, 0.4) is 0 Å². The molecule has 2 aliphatic rings. The molecule has 0 amide bonds. The number of nitrogens with zero attached hydrogens (tertiary/aromatic N) is 3. The van der Waals surface area contributed by atoms with Gasteiger partial charge in [0, 0.05) is 25.2 Å². The van der Waals surface area contributed by atoms with Gasteiger partial charge in [-0.15, -0.1) is 5.10 Å². The number of fused-ring (bicyclic) bond motifs is 2. The van der Waals surface area contributed by atoms with Crippen molar-refractivity contribution in [1.29, 1.82) is 0 Å². The molecule has 0 radical (unpaired) electrons. The van der Waals surface area contributed by atoms with E-state index in [0.29, 0.717) is 6.04 Å². The standard InChI is InChI=1S/C13H20N4/c1-9-5-13(16-14-8-9)17(2)12-6-10-3-4-11(7-12)15-10/h5,8,10-12,15H,3-4,6-7H2,1-2H3. The Balaban J connectivity index is 1.76. The lowest BCUT2D eigenvalue weighted by Gasteiger charge is -2.36. The second-order valence-electron chi connectivity index (χ2n) is 5.47. The minimum atomic E-state index is 0.616. The molecular weight excluding hydrogens is 212 g/mol. The van der Waals surface area contributed by atoms with Gasteiger partial charge in [0.1, 0.15) is 0 Å². The smallest absolute Gasteiger partial charge is 0.151 e. The van der Waals surface area contributed by atoms with Gasteiger partial charge >= 0.3 is 0 Å². The highest BCUT2D eigenvalue weighted by molar-refractivity contribution is 5.39. The SMILES string of the molecule is Cc1cnnc(N(C)C2CC3CCC(C2)N3)c1. The first kappa shape index (κ1) is 11.0. The molecule has 17 heavy (non-hydrogen) atoms. The van der Waals surface area contributed by atoms with Gasteiger partial charge in [-0.25, -0.2) is 0 Å². The maximum atomic E-state index is 4.24. The second kappa shape index (κ2) is 4.26. The predicted octanol–water partition coefficient (Wildman–Crippen LogP) is 1.50. The molecule has 0 aromatic carbocycles. The summed E-state index contributed by atoms with van der Waals surface area (Å²) in [6, 6.07) is 4.18. The van der Waals surface area contributed by atoms with Crippen LogP contribution in [0.1, 0.15) is 31.2 Å². The van der Waals surface area contributed by atoms with Gasteiger partial charge in [0.15, 0.2) is 5.82 Å². The molecule has 1 N–H and O–H groups in total. The first-order chi connectivity index (χ1) is 8.22.